The molecule has 0 spiro atoms. The molecule has 0 saturated heterocycles. The van der Waals surface area contributed by atoms with Crippen molar-refractivity contribution < 1.29 is 18.5 Å². The quantitative estimate of drug-likeness (QED) is 0.468. The summed E-state index contributed by atoms with van der Waals surface area (Å²) in [6.45, 7) is 1.81. The summed E-state index contributed by atoms with van der Waals surface area (Å²) in [4.78, 5) is 32.6. The molecule has 0 fully saturated rings. The lowest BCUT2D eigenvalue weighted by Gasteiger charge is -2.06. The van der Waals surface area contributed by atoms with E-state index in [9.17, 15) is 9.59 Å². The zero-order valence-electron chi connectivity index (χ0n) is 15.0. The molecule has 0 aliphatic heterocycles. The lowest BCUT2D eigenvalue weighted by Crippen LogP contribution is -2.17. The first kappa shape index (κ1) is 17.7. The van der Waals surface area contributed by atoms with Crippen LogP contribution in [-0.4, -0.2) is 25.5 Å². The highest BCUT2D eigenvalue weighted by molar-refractivity contribution is 5.69. The van der Waals surface area contributed by atoms with Crippen LogP contribution < -0.4 is 5.56 Å². The van der Waals surface area contributed by atoms with Gasteiger partial charge in [-0.2, -0.15) is 4.98 Å². The lowest BCUT2D eigenvalue weighted by atomic mass is 10.3. The molecule has 142 valence electrons. The average Bonchev–Trinajstić information content (AvgIpc) is 3.37. The molecule has 0 saturated carbocycles. The first-order valence-corrected chi connectivity index (χ1v) is 8.59. The number of furan rings is 1. The van der Waals surface area contributed by atoms with Crippen molar-refractivity contribution in [3.8, 4) is 11.6 Å². The van der Waals surface area contributed by atoms with E-state index in [1.54, 1.807) is 24.4 Å². The van der Waals surface area contributed by atoms with Gasteiger partial charge in [0.2, 0.25) is 11.7 Å². The predicted molar refractivity (Wildman–Crippen MR) is 96.3 cm³/mol. The molecule has 0 aromatic carbocycles. The minimum Gasteiger partial charge on any atom is -0.461 e. The maximum Gasteiger partial charge on any atom is 0.306 e. The van der Waals surface area contributed by atoms with Gasteiger partial charge in [0.15, 0.2) is 5.76 Å². The standard InChI is InChI=1S/C19H16N4O5/c1-12-4-5-15-20-13(9-17(24)23(15)10-12)11-27-18(25)7-6-16-21-19(22-28-16)14-3-2-8-26-14/h2-5,8-10H,6-7,11H2,1H3. The van der Waals surface area contributed by atoms with Crippen LogP contribution in [0.15, 0.2) is 56.5 Å². The topological polar surface area (TPSA) is 113 Å². The Hall–Kier alpha value is -3.75. The largest absolute Gasteiger partial charge is 0.461 e. The highest BCUT2D eigenvalue weighted by Gasteiger charge is 2.13. The first-order chi connectivity index (χ1) is 13.6. The molecule has 0 N–H and O–H groups in total. The fourth-order valence-electron chi connectivity index (χ4n) is 2.63. The Morgan fingerprint density at radius 3 is 2.96 bits per heavy atom. The first-order valence-electron chi connectivity index (χ1n) is 8.59. The molecule has 4 heterocycles. The monoisotopic (exact) mass is 380 g/mol. The second-order valence-corrected chi connectivity index (χ2v) is 6.17. The number of pyridine rings is 1. The van der Waals surface area contributed by atoms with Crippen LogP contribution in [0.25, 0.3) is 17.2 Å². The van der Waals surface area contributed by atoms with Gasteiger partial charge in [-0.25, -0.2) is 4.98 Å². The van der Waals surface area contributed by atoms with Gasteiger partial charge in [-0.1, -0.05) is 11.2 Å². The van der Waals surface area contributed by atoms with Crippen LogP contribution in [0.4, 0.5) is 0 Å². The Kier molecular flexibility index (Phi) is 4.71. The van der Waals surface area contributed by atoms with Crippen molar-refractivity contribution in [1.82, 2.24) is 19.5 Å². The Balaban J connectivity index is 1.34. The van der Waals surface area contributed by atoms with Gasteiger partial charge in [-0.05, 0) is 30.7 Å². The predicted octanol–water partition coefficient (Wildman–Crippen LogP) is 2.32. The van der Waals surface area contributed by atoms with E-state index in [-0.39, 0.29) is 25.0 Å². The molecule has 0 aliphatic carbocycles. The molecule has 9 heteroatoms. The summed E-state index contributed by atoms with van der Waals surface area (Å²) in [6.07, 6.45) is 3.52. The van der Waals surface area contributed by atoms with E-state index in [4.69, 9.17) is 13.7 Å². The summed E-state index contributed by atoms with van der Waals surface area (Å²) in [5.74, 6) is 0.662. The number of ether oxygens (including phenoxy) is 1. The van der Waals surface area contributed by atoms with Gasteiger partial charge < -0.3 is 13.7 Å². The average molecular weight is 380 g/mol. The molecule has 0 radical (unpaired) electrons. The van der Waals surface area contributed by atoms with Gasteiger partial charge >= 0.3 is 5.97 Å². The highest BCUT2D eigenvalue weighted by atomic mass is 16.5. The minimum atomic E-state index is -0.455. The van der Waals surface area contributed by atoms with Gasteiger partial charge in [0.25, 0.3) is 5.56 Å². The number of rotatable bonds is 6. The third kappa shape index (κ3) is 3.83. The van der Waals surface area contributed by atoms with Crippen LogP contribution in [0.5, 0.6) is 0 Å². The van der Waals surface area contributed by atoms with Crippen molar-refractivity contribution in [2.75, 3.05) is 0 Å². The summed E-state index contributed by atoms with van der Waals surface area (Å²) in [6, 6.07) is 8.39. The van der Waals surface area contributed by atoms with Crippen LogP contribution in [0, 0.1) is 6.92 Å². The molecular formula is C19H16N4O5. The van der Waals surface area contributed by atoms with Gasteiger partial charge in [0, 0.05) is 18.7 Å². The zero-order valence-corrected chi connectivity index (χ0v) is 15.0. The number of carbonyl (C=O) groups is 1. The van der Waals surface area contributed by atoms with Crippen molar-refractivity contribution in [2.45, 2.75) is 26.4 Å². The smallest absolute Gasteiger partial charge is 0.306 e. The summed E-state index contributed by atoms with van der Waals surface area (Å²) in [5, 5.41) is 3.80. The molecule has 4 rings (SSSR count). The molecule has 9 nitrogen and oxygen atoms in total. The Bertz CT molecular complexity index is 1180. The molecule has 0 aliphatic rings. The van der Waals surface area contributed by atoms with Crippen LogP contribution in [0.3, 0.4) is 0 Å². The fourth-order valence-corrected chi connectivity index (χ4v) is 2.63. The summed E-state index contributed by atoms with van der Waals surface area (Å²) >= 11 is 0. The fraction of sp³-hybridized carbons (Fsp3) is 0.211. The Labute approximate surface area is 158 Å². The third-order valence-corrected chi connectivity index (χ3v) is 3.99. The van der Waals surface area contributed by atoms with Crippen molar-refractivity contribution in [1.29, 1.82) is 0 Å². The van der Waals surface area contributed by atoms with Crippen LogP contribution in [0.1, 0.15) is 23.6 Å². The van der Waals surface area contributed by atoms with E-state index in [0.29, 0.717) is 28.8 Å². The Morgan fingerprint density at radius 2 is 2.14 bits per heavy atom. The van der Waals surface area contributed by atoms with Gasteiger partial charge in [-0.15, -0.1) is 0 Å². The zero-order chi connectivity index (χ0) is 19.5. The van der Waals surface area contributed by atoms with Gasteiger partial charge in [0.1, 0.15) is 12.3 Å². The molecule has 0 atom stereocenters. The maximum absolute atomic E-state index is 12.2. The van der Waals surface area contributed by atoms with Crippen molar-refractivity contribution >= 4 is 11.6 Å². The number of aromatic nitrogens is 4. The maximum atomic E-state index is 12.2. The Morgan fingerprint density at radius 1 is 1.25 bits per heavy atom. The van der Waals surface area contributed by atoms with Crippen molar-refractivity contribution in [2.24, 2.45) is 0 Å². The van der Waals surface area contributed by atoms with E-state index < -0.39 is 5.97 Å². The van der Waals surface area contributed by atoms with Crippen molar-refractivity contribution in [3.05, 3.63) is 70.3 Å². The molecule has 28 heavy (non-hydrogen) atoms. The molecule has 4 aromatic heterocycles. The van der Waals surface area contributed by atoms with E-state index in [1.807, 2.05) is 13.0 Å². The second kappa shape index (κ2) is 7.47. The number of esters is 1. The van der Waals surface area contributed by atoms with Gasteiger partial charge in [0.05, 0.1) is 18.4 Å². The number of hydrogen-bond acceptors (Lipinski definition) is 8. The van der Waals surface area contributed by atoms with E-state index >= 15 is 0 Å². The van der Waals surface area contributed by atoms with Crippen LogP contribution in [-0.2, 0) is 22.6 Å². The highest BCUT2D eigenvalue weighted by Crippen LogP contribution is 2.16. The molecule has 4 aromatic rings. The van der Waals surface area contributed by atoms with E-state index in [1.165, 1.54) is 16.7 Å². The van der Waals surface area contributed by atoms with Gasteiger partial charge in [-0.3, -0.25) is 14.0 Å². The minimum absolute atomic E-state index is 0.0611. The normalized spacial score (nSPS) is 11.0. The molecule has 0 amide bonds. The van der Waals surface area contributed by atoms with Crippen LogP contribution in [0.2, 0.25) is 0 Å². The molecule has 0 bridgehead atoms. The number of hydrogen-bond donors (Lipinski definition) is 0. The van der Waals surface area contributed by atoms with E-state index in [0.717, 1.165) is 5.56 Å². The van der Waals surface area contributed by atoms with Crippen LogP contribution >= 0.6 is 0 Å². The number of nitrogens with zero attached hydrogens (tertiary/aromatic N) is 4. The SMILES string of the molecule is Cc1ccc2nc(COC(=O)CCc3nc(-c4ccco4)no3)cc(=O)n2c1. The molecular weight excluding hydrogens is 364 g/mol. The summed E-state index contributed by atoms with van der Waals surface area (Å²) in [7, 11) is 0. The van der Waals surface area contributed by atoms with Crippen molar-refractivity contribution in [3.63, 3.8) is 0 Å². The second-order valence-electron chi connectivity index (χ2n) is 6.17. The summed E-state index contributed by atoms with van der Waals surface area (Å²) in [5.41, 5.74) is 1.61. The lowest BCUT2D eigenvalue weighted by molar-refractivity contribution is -0.145. The number of aryl methyl sites for hydroxylation is 2. The number of carbonyl (C=O) groups excluding carboxylic acids is 1. The number of fused-ring (bicyclic) bond motifs is 1. The third-order valence-electron chi connectivity index (χ3n) is 3.99. The van der Waals surface area contributed by atoms with E-state index in [2.05, 4.69) is 15.1 Å². The molecule has 0 unspecified atom stereocenters. The summed E-state index contributed by atoms with van der Waals surface area (Å²) < 4.78 is 16.9.